The Morgan fingerprint density at radius 3 is 2.25 bits per heavy atom. The number of rotatable bonds is 1. The maximum atomic E-state index is 8.56. The Hall–Kier alpha value is -1.65. The van der Waals surface area contributed by atoms with E-state index in [2.05, 4.69) is 11.5 Å². The first-order valence-corrected chi connectivity index (χ1v) is 3.25. The van der Waals surface area contributed by atoms with E-state index in [0.29, 0.717) is 0 Å². The average molecular weight is 172 g/mol. The van der Waals surface area contributed by atoms with E-state index < -0.39 is 6.16 Å². The van der Waals surface area contributed by atoms with E-state index in [1.54, 1.807) is 6.20 Å². The van der Waals surface area contributed by atoms with Crippen LogP contribution < -0.4 is 0 Å². The molecular weight excluding hydrogens is 160 g/mol. The summed E-state index contributed by atoms with van der Waals surface area (Å²) in [5.41, 5.74) is 0. The molecule has 0 bridgehead atoms. The molecule has 0 amide bonds. The Morgan fingerprint density at radius 1 is 1.58 bits per heavy atom. The van der Waals surface area contributed by atoms with Crippen LogP contribution in [0.3, 0.4) is 0 Å². The SMILES string of the molecule is C=CN1C=CN(C)C1.O=C(O)O. The summed E-state index contributed by atoms with van der Waals surface area (Å²) in [5, 5.41) is 13.9. The van der Waals surface area contributed by atoms with Crippen molar-refractivity contribution in [1.29, 1.82) is 0 Å². The molecule has 12 heavy (non-hydrogen) atoms. The van der Waals surface area contributed by atoms with Crippen LogP contribution in [0.4, 0.5) is 4.79 Å². The van der Waals surface area contributed by atoms with Crippen molar-refractivity contribution >= 4 is 6.16 Å². The zero-order chi connectivity index (χ0) is 9.56. The van der Waals surface area contributed by atoms with Gasteiger partial charge in [-0.3, -0.25) is 0 Å². The summed E-state index contributed by atoms with van der Waals surface area (Å²) in [6.07, 6.45) is 3.98. The fraction of sp³-hybridized carbons (Fsp3) is 0.286. The second kappa shape index (κ2) is 5.06. The fourth-order valence-electron chi connectivity index (χ4n) is 0.670. The van der Waals surface area contributed by atoms with Gasteiger partial charge in [-0.15, -0.1) is 0 Å². The van der Waals surface area contributed by atoms with E-state index in [1.807, 2.05) is 24.3 Å². The number of hydrogen-bond acceptors (Lipinski definition) is 3. The minimum absolute atomic E-state index is 0.934. The lowest BCUT2D eigenvalue weighted by atomic mass is 10.8. The van der Waals surface area contributed by atoms with Gasteiger partial charge in [0.05, 0.1) is 6.67 Å². The zero-order valence-corrected chi connectivity index (χ0v) is 6.84. The summed E-state index contributed by atoms with van der Waals surface area (Å²) in [6, 6.07) is 0. The van der Waals surface area contributed by atoms with Gasteiger partial charge in [-0.25, -0.2) is 4.79 Å². The van der Waals surface area contributed by atoms with Crippen LogP contribution in [-0.4, -0.2) is 39.9 Å². The van der Waals surface area contributed by atoms with Crippen LogP contribution in [0, 0.1) is 0 Å². The predicted molar refractivity (Wildman–Crippen MR) is 44.5 cm³/mol. The summed E-state index contributed by atoms with van der Waals surface area (Å²) in [4.78, 5) is 12.7. The Morgan fingerprint density at radius 2 is 2.08 bits per heavy atom. The molecule has 0 atom stereocenters. The van der Waals surface area contributed by atoms with Gasteiger partial charge in [-0.1, -0.05) is 6.58 Å². The molecule has 0 saturated carbocycles. The van der Waals surface area contributed by atoms with E-state index in [-0.39, 0.29) is 0 Å². The molecule has 0 aromatic heterocycles. The van der Waals surface area contributed by atoms with Gasteiger partial charge in [0, 0.05) is 19.4 Å². The quantitative estimate of drug-likeness (QED) is 0.618. The molecule has 1 aliphatic heterocycles. The predicted octanol–water partition coefficient (Wildman–Crippen LogP) is 1.03. The molecule has 5 heteroatoms. The molecule has 0 unspecified atom stereocenters. The number of carboxylic acid groups (broad SMARTS) is 2. The third kappa shape index (κ3) is 5.16. The first-order valence-electron chi connectivity index (χ1n) is 3.25. The molecule has 0 aromatic rings. The Balaban J connectivity index is 0.000000261. The smallest absolute Gasteiger partial charge is 0.450 e. The van der Waals surface area contributed by atoms with Crippen LogP contribution in [0.15, 0.2) is 25.2 Å². The van der Waals surface area contributed by atoms with Crippen LogP contribution in [0.5, 0.6) is 0 Å². The molecule has 0 saturated heterocycles. The second-order valence-electron chi connectivity index (χ2n) is 2.18. The lowest BCUT2D eigenvalue weighted by molar-refractivity contribution is 0.137. The molecular formula is C7H12N2O3. The molecule has 0 aromatic carbocycles. The van der Waals surface area contributed by atoms with Gasteiger partial charge in [-0.05, 0) is 6.20 Å². The minimum Gasteiger partial charge on any atom is -0.450 e. The van der Waals surface area contributed by atoms with Crippen LogP contribution >= 0.6 is 0 Å². The number of carbonyl (C=O) groups is 1. The van der Waals surface area contributed by atoms with E-state index in [4.69, 9.17) is 15.0 Å². The molecule has 0 spiro atoms. The van der Waals surface area contributed by atoms with Crippen LogP contribution in [0.1, 0.15) is 0 Å². The highest BCUT2D eigenvalue weighted by atomic mass is 16.6. The van der Waals surface area contributed by atoms with Gasteiger partial charge < -0.3 is 20.0 Å². The topological polar surface area (TPSA) is 64.0 Å². The first-order chi connectivity index (χ1) is 5.56. The molecule has 5 nitrogen and oxygen atoms in total. The van der Waals surface area contributed by atoms with Crippen molar-refractivity contribution in [2.75, 3.05) is 13.7 Å². The molecule has 0 radical (unpaired) electrons. The highest BCUT2D eigenvalue weighted by Gasteiger charge is 2.01. The fourth-order valence-corrected chi connectivity index (χ4v) is 0.670. The van der Waals surface area contributed by atoms with Crippen molar-refractivity contribution in [3.63, 3.8) is 0 Å². The normalized spacial score (nSPS) is 13.8. The summed E-state index contributed by atoms with van der Waals surface area (Å²) in [6.45, 7) is 4.56. The van der Waals surface area contributed by atoms with Gasteiger partial charge >= 0.3 is 6.16 Å². The largest absolute Gasteiger partial charge is 0.503 e. The molecule has 1 aliphatic rings. The third-order valence-electron chi connectivity index (χ3n) is 1.13. The van der Waals surface area contributed by atoms with Gasteiger partial charge in [0.2, 0.25) is 0 Å². The van der Waals surface area contributed by atoms with Gasteiger partial charge in [0.25, 0.3) is 0 Å². The van der Waals surface area contributed by atoms with E-state index in [0.717, 1.165) is 6.67 Å². The third-order valence-corrected chi connectivity index (χ3v) is 1.13. The van der Waals surface area contributed by atoms with Crippen molar-refractivity contribution in [1.82, 2.24) is 9.80 Å². The number of hydrogen-bond donors (Lipinski definition) is 2. The molecule has 0 aliphatic carbocycles. The van der Waals surface area contributed by atoms with Crippen molar-refractivity contribution in [2.24, 2.45) is 0 Å². The molecule has 68 valence electrons. The molecule has 1 rings (SSSR count). The maximum Gasteiger partial charge on any atom is 0.503 e. The maximum absolute atomic E-state index is 8.56. The Bertz CT molecular complexity index is 187. The van der Waals surface area contributed by atoms with Crippen LogP contribution in [0.2, 0.25) is 0 Å². The summed E-state index contributed by atoms with van der Waals surface area (Å²) in [5.74, 6) is 0. The monoisotopic (exact) mass is 172 g/mol. The lowest BCUT2D eigenvalue weighted by Crippen LogP contribution is -2.16. The van der Waals surface area contributed by atoms with E-state index >= 15 is 0 Å². The second-order valence-corrected chi connectivity index (χ2v) is 2.18. The minimum atomic E-state index is -1.83. The molecule has 1 heterocycles. The van der Waals surface area contributed by atoms with Gasteiger partial charge in [-0.2, -0.15) is 0 Å². The van der Waals surface area contributed by atoms with Crippen molar-refractivity contribution in [2.45, 2.75) is 0 Å². The van der Waals surface area contributed by atoms with Gasteiger partial charge in [0.1, 0.15) is 0 Å². The van der Waals surface area contributed by atoms with Gasteiger partial charge in [0.15, 0.2) is 0 Å². The van der Waals surface area contributed by atoms with Crippen molar-refractivity contribution in [3.05, 3.63) is 25.2 Å². The molecule has 0 fully saturated rings. The summed E-state index contributed by atoms with van der Waals surface area (Å²) >= 11 is 0. The van der Waals surface area contributed by atoms with E-state index in [9.17, 15) is 0 Å². The average Bonchev–Trinajstić information content (AvgIpc) is 2.34. The molecule has 2 N–H and O–H groups in total. The van der Waals surface area contributed by atoms with Crippen LogP contribution in [-0.2, 0) is 0 Å². The Kier molecular flexibility index (Phi) is 4.36. The summed E-state index contributed by atoms with van der Waals surface area (Å²) < 4.78 is 0. The standard InChI is InChI=1S/C6H10N2.CH2O3/c1-3-8-5-4-7(2)6-8;2-1(3)4/h3-5H,1,6H2,2H3;(H2,2,3,4). The Labute approximate surface area is 70.8 Å². The van der Waals surface area contributed by atoms with Crippen LogP contribution in [0.25, 0.3) is 0 Å². The van der Waals surface area contributed by atoms with Crippen molar-refractivity contribution < 1.29 is 15.0 Å². The lowest BCUT2D eigenvalue weighted by Gasteiger charge is -2.11. The van der Waals surface area contributed by atoms with Crippen molar-refractivity contribution in [3.8, 4) is 0 Å². The zero-order valence-electron chi connectivity index (χ0n) is 6.84. The van der Waals surface area contributed by atoms with E-state index in [1.165, 1.54) is 0 Å². The first kappa shape index (κ1) is 10.3. The highest BCUT2D eigenvalue weighted by molar-refractivity contribution is 5.53. The highest BCUT2D eigenvalue weighted by Crippen LogP contribution is 2.01. The number of nitrogens with zero attached hydrogens (tertiary/aromatic N) is 2. The summed E-state index contributed by atoms with van der Waals surface area (Å²) in [7, 11) is 2.03.